The summed E-state index contributed by atoms with van der Waals surface area (Å²) in [5, 5.41) is 17.7. The first-order valence-corrected chi connectivity index (χ1v) is 5.08. The highest BCUT2D eigenvalue weighted by molar-refractivity contribution is 4.52. The van der Waals surface area contributed by atoms with Gasteiger partial charge in [-0.3, -0.25) is 0 Å². The molecule has 14 heavy (non-hydrogen) atoms. The van der Waals surface area contributed by atoms with Crippen LogP contribution in [0.15, 0.2) is 0 Å². The summed E-state index contributed by atoms with van der Waals surface area (Å²) in [5.74, 6) is 0. The van der Waals surface area contributed by atoms with Gasteiger partial charge in [-0.05, 0) is 27.2 Å². The lowest BCUT2D eigenvalue weighted by molar-refractivity contribution is -0.0498. The van der Waals surface area contributed by atoms with Crippen LogP contribution in [0.25, 0.3) is 0 Å². The van der Waals surface area contributed by atoms with E-state index in [0.29, 0.717) is 19.6 Å². The fourth-order valence-corrected chi connectivity index (χ4v) is 0.840. The monoisotopic (exact) mass is 206 g/mol. The third-order valence-corrected chi connectivity index (χ3v) is 1.81. The molecule has 3 atom stereocenters. The number of aliphatic hydroxyl groups excluding tert-OH is 2. The van der Waals surface area contributed by atoms with Crippen molar-refractivity contribution in [2.24, 2.45) is 0 Å². The molecule has 0 spiro atoms. The summed E-state index contributed by atoms with van der Waals surface area (Å²) < 4.78 is 10.7. The van der Waals surface area contributed by atoms with Crippen LogP contribution in [0.3, 0.4) is 0 Å². The highest BCUT2D eigenvalue weighted by Crippen LogP contribution is 1.98. The molecule has 0 fully saturated rings. The van der Waals surface area contributed by atoms with Crippen LogP contribution in [-0.4, -0.2) is 48.3 Å². The van der Waals surface area contributed by atoms with Gasteiger partial charge in [0.15, 0.2) is 0 Å². The molecule has 4 heteroatoms. The van der Waals surface area contributed by atoms with Gasteiger partial charge in [0.05, 0.1) is 31.5 Å². The van der Waals surface area contributed by atoms with Gasteiger partial charge >= 0.3 is 0 Å². The molecule has 0 aromatic heterocycles. The summed E-state index contributed by atoms with van der Waals surface area (Å²) in [7, 11) is 0. The molecule has 86 valence electrons. The van der Waals surface area contributed by atoms with Crippen molar-refractivity contribution in [1.29, 1.82) is 0 Å². The predicted octanol–water partition coefficient (Wildman–Crippen LogP) is 0.560. The second kappa shape index (κ2) is 8.17. The highest BCUT2D eigenvalue weighted by atomic mass is 16.5. The van der Waals surface area contributed by atoms with Crippen molar-refractivity contribution >= 4 is 0 Å². The molecular formula is C10H22O4. The molecule has 4 nitrogen and oxygen atoms in total. The van der Waals surface area contributed by atoms with E-state index in [1.54, 1.807) is 6.92 Å². The van der Waals surface area contributed by atoms with Crippen molar-refractivity contribution in [2.75, 3.05) is 19.8 Å². The molecule has 0 bridgehead atoms. The average Bonchev–Trinajstić information content (AvgIpc) is 2.13. The molecule has 3 unspecified atom stereocenters. The second-order valence-electron chi connectivity index (χ2n) is 3.65. The third-order valence-electron chi connectivity index (χ3n) is 1.81. The zero-order chi connectivity index (χ0) is 11.0. The SMILES string of the molecule is CC(O)CCOC(C)COC(C)CO. The van der Waals surface area contributed by atoms with E-state index in [4.69, 9.17) is 19.7 Å². The lowest BCUT2D eigenvalue weighted by atomic mass is 10.3. The zero-order valence-corrected chi connectivity index (χ0v) is 9.27. The molecule has 0 saturated heterocycles. The van der Waals surface area contributed by atoms with E-state index >= 15 is 0 Å². The average molecular weight is 206 g/mol. The van der Waals surface area contributed by atoms with E-state index < -0.39 is 0 Å². The fraction of sp³-hybridized carbons (Fsp3) is 1.00. The van der Waals surface area contributed by atoms with Crippen molar-refractivity contribution in [3.05, 3.63) is 0 Å². The van der Waals surface area contributed by atoms with E-state index in [0.717, 1.165) is 0 Å². The Labute approximate surface area is 85.8 Å². The first kappa shape index (κ1) is 13.8. The molecule has 0 heterocycles. The number of ether oxygens (including phenoxy) is 2. The Morgan fingerprint density at radius 2 is 1.71 bits per heavy atom. The quantitative estimate of drug-likeness (QED) is 0.609. The standard InChI is InChI=1S/C10H22O4/c1-8(12)4-5-13-10(3)7-14-9(2)6-11/h8-12H,4-7H2,1-3H3. The van der Waals surface area contributed by atoms with Gasteiger partial charge in [0.25, 0.3) is 0 Å². The van der Waals surface area contributed by atoms with E-state index in [1.807, 2.05) is 13.8 Å². The summed E-state index contributed by atoms with van der Waals surface area (Å²) in [6, 6.07) is 0. The maximum absolute atomic E-state index is 8.98. The summed E-state index contributed by atoms with van der Waals surface area (Å²) >= 11 is 0. The number of aliphatic hydroxyl groups is 2. The van der Waals surface area contributed by atoms with E-state index in [-0.39, 0.29) is 24.9 Å². The molecule has 0 aliphatic heterocycles. The Balaban J connectivity index is 3.32. The second-order valence-corrected chi connectivity index (χ2v) is 3.65. The minimum atomic E-state index is -0.320. The minimum Gasteiger partial charge on any atom is -0.394 e. The van der Waals surface area contributed by atoms with Crippen LogP contribution in [0.1, 0.15) is 27.2 Å². The van der Waals surface area contributed by atoms with Gasteiger partial charge in [0.1, 0.15) is 0 Å². The summed E-state index contributed by atoms with van der Waals surface area (Å²) in [5.41, 5.74) is 0. The van der Waals surface area contributed by atoms with Gasteiger partial charge in [-0.15, -0.1) is 0 Å². The lowest BCUT2D eigenvalue weighted by Crippen LogP contribution is -2.23. The molecular weight excluding hydrogens is 184 g/mol. The van der Waals surface area contributed by atoms with Crippen LogP contribution in [0, 0.1) is 0 Å². The van der Waals surface area contributed by atoms with Gasteiger partial charge in [0, 0.05) is 6.61 Å². The summed E-state index contributed by atoms with van der Waals surface area (Å²) in [6.45, 7) is 6.49. The van der Waals surface area contributed by atoms with Gasteiger partial charge < -0.3 is 19.7 Å². The molecule has 0 aliphatic carbocycles. The molecule has 0 aromatic rings. The Morgan fingerprint density at radius 3 is 2.21 bits per heavy atom. The smallest absolute Gasteiger partial charge is 0.0780 e. The van der Waals surface area contributed by atoms with E-state index in [9.17, 15) is 0 Å². The van der Waals surface area contributed by atoms with Crippen LogP contribution in [0.2, 0.25) is 0 Å². The van der Waals surface area contributed by atoms with Crippen molar-refractivity contribution < 1.29 is 19.7 Å². The van der Waals surface area contributed by atoms with Gasteiger partial charge in [-0.25, -0.2) is 0 Å². The number of rotatable bonds is 8. The Bertz CT molecular complexity index is 127. The lowest BCUT2D eigenvalue weighted by Gasteiger charge is -2.16. The molecule has 0 aliphatic rings. The first-order valence-electron chi connectivity index (χ1n) is 5.08. The van der Waals surface area contributed by atoms with Crippen LogP contribution >= 0.6 is 0 Å². The van der Waals surface area contributed by atoms with Crippen LogP contribution < -0.4 is 0 Å². The molecule has 0 amide bonds. The number of hydrogen-bond acceptors (Lipinski definition) is 4. The molecule has 0 radical (unpaired) electrons. The maximum atomic E-state index is 8.98. The van der Waals surface area contributed by atoms with Crippen molar-refractivity contribution in [3.63, 3.8) is 0 Å². The largest absolute Gasteiger partial charge is 0.394 e. The fourth-order valence-electron chi connectivity index (χ4n) is 0.840. The van der Waals surface area contributed by atoms with Crippen molar-refractivity contribution in [1.82, 2.24) is 0 Å². The molecule has 0 rings (SSSR count). The first-order chi connectivity index (χ1) is 6.56. The minimum absolute atomic E-state index is 0.00255. The normalized spacial score (nSPS) is 17.8. The summed E-state index contributed by atoms with van der Waals surface area (Å²) in [4.78, 5) is 0. The van der Waals surface area contributed by atoms with E-state index in [2.05, 4.69) is 0 Å². The van der Waals surface area contributed by atoms with E-state index in [1.165, 1.54) is 0 Å². The third kappa shape index (κ3) is 8.44. The van der Waals surface area contributed by atoms with Crippen molar-refractivity contribution in [2.45, 2.75) is 45.5 Å². The zero-order valence-electron chi connectivity index (χ0n) is 9.27. The molecule has 2 N–H and O–H groups in total. The van der Waals surface area contributed by atoms with Crippen molar-refractivity contribution in [3.8, 4) is 0 Å². The van der Waals surface area contributed by atoms with Crippen LogP contribution in [-0.2, 0) is 9.47 Å². The highest BCUT2D eigenvalue weighted by Gasteiger charge is 2.06. The predicted molar refractivity (Wildman–Crippen MR) is 54.2 cm³/mol. The Hall–Kier alpha value is -0.160. The summed E-state index contributed by atoms with van der Waals surface area (Å²) in [6.07, 6.45) is 0.180. The Kier molecular flexibility index (Phi) is 8.08. The Morgan fingerprint density at radius 1 is 1.07 bits per heavy atom. The molecule has 0 saturated carbocycles. The van der Waals surface area contributed by atoms with Gasteiger partial charge in [-0.2, -0.15) is 0 Å². The van der Waals surface area contributed by atoms with Gasteiger partial charge in [0.2, 0.25) is 0 Å². The van der Waals surface area contributed by atoms with Crippen LogP contribution in [0.5, 0.6) is 0 Å². The van der Waals surface area contributed by atoms with Gasteiger partial charge in [-0.1, -0.05) is 0 Å². The topological polar surface area (TPSA) is 58.9 Å². The molecule has 0 aromatic carbocycles. The van der Waals surface area contributed by atoms with Crippen LogP contribution in [0.4, 0.5) is 0 Å². The maximum Gasteiger partial charge on any atom is 0.0780 e. The number of hydrogen-bond donors (Lipinski definition) is 2.